The molecule has 3 heteroatoms. The van der Waals surface area contributed by atoms with Gasteiger partial charge in [-0.1, -0.05) is 82.1 Å². The minimum Gasteiger partial charge on any atom is -0.550 e. The van der Waals surface area contributed by atoms with E-state index in [0.717, 1.165) is 0 Å². The van der Waals surface area contributed by atoms with Crippen LogP contribution in [-0.4, -0.2) is 16.4 Å². The zero-order valence-corrected chi connectivity index (χ0v) is 20.0. The Hall–Kier alpha value is -0.0262. The number of hydrogen-bond donors (Lipinski definition) is 0. The maximum absolute atomic E-state index is 6.97. The van der Waals surface area contributed by atoms with Crippen LogP contribution in [0.1, 0.15) is 88.5 Å². The highest BCUT2D eigenvalue weighted by Gasteiger charge is 2.70. The first-order chi connectivity index (χ1) is 10.0. The van der Waals surface area contributed by atoms with Gasteiger partial charge in [0.2, 0.25) is 8.32 Å². The largest absolute Gasteiger partial charge is 0.550 e. The molecule has 0 bridgehead atoms. The van der Waals surface area contributed by atoms with Crippen molar-refractivity contribution in [2.24, 2.45) is 0 Å². The van der Waals surface area contributed by atoms with Crippen LogP contribution in [0, 0.1) is 0 Å². The number of unbranched alkanes of at least 4 members (excludes halogenated alkanes) is 1. The van der Waals surface area contributed by atoms with E-state index in [2.05, 4.69) is 82.3 Å². The van der Waals surface area contributed by atoms with Crippen LogP contribution in [0.4, 0.5) is 0 Å². The van der Waals surface area contributed by atoms with E-state index in [0.29, 0.717) is 10.1 Å². The third-order valence-corrected chi connectivity index (χ3v) is 17.4. The van der Waals surface area contributed by atoms with E-state index in [-0.39, 0.29) is 5.04 Å². The molecule has 0 aliphatic carbocycles. The molecular formula is C20H42OSi2. The van der Waals surface area contributed by atoms with E-state index in [4.69, 9.17) is 4.43 Å². The lowest BCUT2D eigenvalue weighted by Gasteiger charge is -2.44. The number of rotatable bonds is 5. The topological polar surface area (TPSA) is 9.23 Å². The van der Waals surface area contributed by atoms with E-state index < -0.39 is 16.4 Å². The smallest absolute Gasteiger partial charge is 0.249 e. The van der Waals surface area contributed by atoms with Gasteiger partial charge in [-0.05, 0) is 39.8 Å². The van der Waals surface area contributed by atoms with Gasteiger partial charge in [-0.3, -0.25) is 0 Å². The monoisotopic (exact) mass is 354 g/mol. The summed E-state index contributed by atoms with van der Waals surface area (Å²) in [5.74, 6) is 0. The second kappa shape index (κ2) is 6.05. The van der Waals surface area contributed by atoms with Crippen LogP contribution >= 0.6 is 0 Å². The predicted molar refractivity (Wildman–Crippen MR) is 110 cm³/mol. The number of allylic oxidation sites excluding steroid dienone is 1. The first kappa shape index (κ1) is 21.0. The van der Waals surface area contributed by atoms with Crippen LogP contribution in [0.2, 0.25) is 28.2 Å². The Balaban J connectivity index is 3.30. The Morgan fingerprint density at radius 1 is 0.870 bits per heavy atom. The molecule has 0 saturated heterocycles. The Morgan fingerprint density at radius 2 is 1.30 bits per heavy atom. The molecule has 0 spiro atoms. The van der Waals surface area contributed by atoms with Crippen molar-refractivity contribution in [3.8, 4) is 0 Å². The molecule has 0 aromatic rings. The van der Waals surface area contributed by atoms with E-state index in [9.17, 15) is 0 Å². The molecule has 1 rings (SSSR count). The van der Waals surface area contributed by atoms with Gasteiger partial charge in [-0.2, -0.15) is 0 Å². The van der Waals surface area contributed by atoms with Crippen molar-refractivity contribution in [1.29, 1.82) is 0 Å². The van der Waals surface area contributed by atoms with Gasteiger partial charge < -0.3 is 4.43 Å². The normalized spacial score (nSPS) is 19.1. The predicted octanol–water partition coefficient (Wildman–Crippen LogP) is 7.59. The molecule has 23 heavy (non-hydrogen) atoms. The van der Waals surface area contributed by atoms with Crippen LogP contribution in [0.3, 0.4) is 0 Å². The van der Waals surface area contributed by atoms with Crippen molar-refractivity contribution in [1.82, 2.24) is 0 Å². The van der Waals surface area contributed by atoms with E-state index in [1.165, 1.54) is 24.6 Å². The van der Waals surface area contributed by atoms with Crippen molar-refractivity contribution in [2.45, 2.75) is 117 Å². The molecule has 0 amide bonds. The molecule has 0 atom stereocenters. The van der Waals surface area contributed by atoms with Crippen molar-refractivity contribution in [2.75, 3.05) is 0 Å². The van der Waals surface area contributed by atoms with Gasteiger partial charge in [0.05, 0.1) is 5.38 Å². The lowest BCUT2D eigenvalue weighted by atomic mass is 10.2. The van der Waals surface area contributed by atoms with E-state index >= 15 is 0 Å². The van der Waals surface area contributed by atoms with Crippen molar-refractivity contribution in [3.63, 3.8) is 0 Å². The first-order valence-electron chi connectivity index (χ1n) is 9.47. The summed E-state index contributed by atoms with van der Waals surface area (Å²) in [5, 5.41) is 4.20. The van der Waals surface area contributed by atoms with Crippen molar-refractivity contribution < 1.29 is 4.43 Å². The maximum Gasteiger partial charge on any atom is 0.249 e. The van der Waals surface area contributed by atoms with Gasteiger partial charge in [0, 0.05) is 0 Å². The third-order valence-electron chi connectivity index (χ3n) is 6.20. The summed E-state index contributed by atoms with van der Waals surface area (Å²) >= 11 is 0. The average Bonchev–Trinajstić information content (AvgIpc) is 2.91. The van der Waals surface area contributed by atoms with Gasteiger partial charge in [0.15, 0.2) is 8.07 Å². The van der Waals surface area contributed by atoms with Crippen molar-refractivity contribution in [3.05, 3.63) is 10.6 Å². The van der Waals surface area contributed by atoms with Gasteiger partial charge >= 0.3 is 0 Å². The summed E-state index contributed by atoms with van der Waals surface area (Å²) in [6.07, 6.45) is 3.84. The second-order valence-electron chi connectivity index (χ2n) is 11.0. The second-order valence-corrected chi connectivity index (χ2v) is 21.3. The Kier molecular flexibility index (Phi) is 5.53. The van der Waals surface area contributed by atoms with Gasteiger partial charge in [-0.15, -0.1) is 0 Å². The highest BCUT2D eigenvalue weighted by Crippen LogP contribution is 2.69. The molecule has 0 saturated carbocycles. The third kappa shape index (κ3) is 3.51. The minimum atomic E-state index is -1.76. The zero-order valence-electron chi connectivity index (χ0n) is 18.0. The molecule has 0 aromatic heterocycles. The lowest BCUT2D eigenvalue weighted by molar-refractivity contribution is 0.411. The molecular weight excluding hydrogens is 312 g/mol. The molecule has 0 aromatic carbocycles. The Morgan fingerprint density at radius 3 is 1.61 bits per heavy atom. The van der Waals surface area contributed by atoms with E-state index in [1.54, 1.807) is 5.20 Å². The number of hydrogen-bond acceptors (Lipinski definition) is 1. The highest BCUT2D eigenvalue weighted by molar-refractivity contribution is 7.06. The summed E-state index contributed by atoms with van der Waals surface area (Å²) in [7, 11) is -3.45. The van der Waals surface area contributed by atoms with Crippen LogP contribution in [0.15, 0.2) is 10.6 Å². The summed E-state index contributed by atoms with van der Waals surface area (Å²) in [6, 6.07) is 0. The summed E-state index contributed by atoms with van der Waals surface area (Å²) in [5.41, 5.74) is 0. The fourth-order valence-corrected chi connectivity index (χ4v) is 13.8. The van der Waals surface area contributed by atoms with Crippen LogP contribution in [-0.2, 0) is 4.43 Å². The summed E-state index contributed by atoms with van der Waals surface area (Å²) in [6.45, 7) is 28.9. The molecule has 1 aliphatic rings. The average molecular weight is 355 g/mol. The van der Waals surface area contributed by atoms with Gasteiger partial charge in [0.25, 0.3) is 0 Å². The molecule has 0 radical (unpaired) electrons. The highest BCUT2D eigenvalue weighted by atomic mass is 28.4. The van der Waals surface area contributed by atoms with Crippen LogP contribution in [0.5, 0.6) is 0 Å². The molecule has 136 valence electrons. The van der Waals surface area contributed by atoms with Gasteiger partial charge in [0.1, 0.15) is 0 Å². The van der Waals surface area contributed by atoms with Gasteiger partial charge in [-0.25, -0.2) is 0 Å². The minimum absolute atomic E-state index is 0.272. The van der Waals surface area contributed by atoms with Crippen LogP contribution < -0.4 is 0 Å². The van der Waals surface area contributed by atoms with Crippen LogP contribution in [0.25, 0.3) is 0 Å². The molecule has 1 heterocycles. The van der Waals surface area contributed by atoms with E-state index in [1.807, 2.05) is 0 Å². The quantitative estimate of drug-likeness (QED) is 0.462. The standard InChI is InChI=1S/C20H42OSi2/c1-13-14-15-16-17(21-22(11,12)18(2,3)4)23(16,19(5,6)7)20(8,9)10/h13-15H2,1-12H3. The molecule has 1 nitrogen and oxygen atoms in total. The summed E-state index contributed by atoms with van der Waals surface area (Å²) in [4.78, 5) is 0. The maximum atomic E-state index is 6.97. The molecule has 0 N–H and O–H groups in total. The SMILES string of the molecule is CCCCC1=C(O[Si](C)(C)C(C)(C)C)[Si]1(C(C)(C)C)C(C)(C)C. The molecule has 0 fully saturated rings. The Labute approximate surface area is 148 Å². The Bertz CT molecular complexity index is 453. The molecule has 0 unspecified atom stereocenters. The fourth-order valence-electron chi connectivity index (χ4n) is 4.22. The van der Waals surface area contributed by atoms with Crippen molar-refractivity contribution >= 4 is 16.4 Å². The lowest BCUT2D eigenvalue weighted by Crippen LogP contribution is -2.47. The zero-order chi connectivity index (χ0) is 18.5. The summed E-state index contributed by atoms with van der Waals surface area (Å²) < 4.78 is 6.97. The molecule has 1 aliphatic heterocycles. The fraction of sp³-hybridized carbons (Fsp3) is 0.900. The first-order valence-corrected chi connectivity index (χ1v) is 14.4.